The van der Waals surface area contributed by atoms with E-state index in [1.165, 1.54) is 0 Å². The maximum Gasteiger partial charge on any atom is 0.322 e. The standard InChI is InChI=1S/C19H20N4O2/c1-25-17-11-5-4-9-15(17)22-19(24)23-12-6-10-16(23)18-20-13-7-2-3-8-14(13)21-18/h2-5,7-9,11,16H,6,10,12H2,1H3,(H,20,21)(H,22,24)/t16-/m1/s1. The predicted octanol–water partition coefficient (Wildman–Crippen LogP) is 3.94. The second kappa shape index (κ2) is 6.47. The first-order valence-corrected chi connectivity index (χ1v) is 8.41. The number of para-hydroxylation sites is 4. The lowest BCUT2D eigenvalue weighted by Gasteiger charge is -2.24. The number of amides is 2. The minimum atomic E-state index is -0.132. The highest BCUT2D eigenvalue weighted by molar-refractivity contribution is 5.91. The van der Waals surface area contributed by atoms with E-state index < -0.39 is 0 Å². The summed E-state index contributed by atoms with van der Waals surface area (Å²) in [6, 6.07) is 15.2. The molecule has 1 saturated heterocycles. The molecule has 0 radical (unpaired) electrons. The van der Waals surface area contributed by atoms with Crippen molar-refractivity contribution in [2.75, 3.05) is 19.0 Å². The quantitative estimate of drug-likeness (QED) is 0.761. The predicted molar refractivity (Wildman–Crippen MR) is 96.8 cm³/mol. The Morgan fingerprint density at radius 3 is 2.88 bits per heavy atom. The van der Waals surface area contributed by atoms with Gasteiger partial charge in [0.05, 0.1) is 29.9 Å². The third kappa shape index (κ3) is 2.91. The second-order valence-electron chi connectivity index (χ2n) is 6.12. The zero-order valence-electron chi connectivity index (χ0n) is 14.0. The Kier molecular flexibility index (Phi) is 4.01. The van der Waals surface area contributed by atoms with Crippen molar-refractivity contribution in [3.05, 3.63) is 54.4 Å². The van der Waals surface area contributed by atoms with E-state index in [2.05, 4.69) is 15.3 Å². The summed E-state index contributed by atoms with van der Waals surface area (Å²) in [5, 5.41) is 2.96. The molecule has 0 saturated carbocycles. The van der Waals surface area contributed by atoms with Crippen molar-refractivity contribution in [1.29, 1.82) is 0 Å². The van der Waals surface area contributed by atoms with Crippen molar-refractivity contribution in [1.82, 2.24) is 14.9 Å². The molecular weight excluding hydrogens is 316 g/mol. The Bertz CT molecular complexity index is 872. The van der Waals surface area contributed by atoms with Crippen LogP contribution in [0.5, 0.6) is 5.75 Å². The Balaban J connectivity index is 1.57. The number of benzene rings is 2. The number of fused-ring (bicyclic) bond motifs is 1. The number of carbonyl (C=O) groups excluding carboxylic acids is 1. The number of urea groups is 1. The molecule has 2 N–H and O–H groups in total. The van der Waals surface area contributed by atoms with Crippen LogP contribution in [0.3, 0.4) is 0 Å². The van der Waals surface area contributed by atoms with Gasteiger partial charge in [-0.1, -0.05) is 24.3 Å². The molecule has 1 aliphatic heterocycles. The minimum Gasteiger partial charge on any atom is -0.495 e. The monoisotopic (exact) mass is 336 g/mol. The van der Waals surface area contributed by atoms with Crippen molar-refractivity contribution < 1.29 is 9.53 Å². The average molecular weight is 336 g/mol. The zero-order valence-corrected chi connectivity index (χ0v) is 14.0. The average Bonchev–Trinajstić information content (AvgIpc) is 3.28. The number of anilines is 1. The van der Waals surface area contributed by atoms with Gasteiger partial charge in [0.1, 0.15) is 11.6 Å². The molecular formula is C19H20N4O2. The van der Waals surface area contributed by atoms with Crippen LogP contribution in [0.15, 0.2) is 48.5 Å². The van der Waals surface area contributed by atoms with E-state index >= 15 is 0 Å². The van der Waals surface area contributed by atoms with Crippen LogP contribution in [0.2, 0.25) is 0 Å². The third-order valence-corrected chi connectivity index (χ3v) is 4.59. The number of ether oxygens (including phenoxy) is 1. The lowest BCUT2D eigenvalue weighted by molar-refractivity contribution is 0.205. The SMILES string of the molecule is COc1ccccc1NC(=O)N1CCC[C@@H]1c1nc2ccccc2[nH]1. The molecule has 2 heterocycles. The van der Waals surface area contributed by atoms with E-state index in [1.54, 1.807) is 7.11 Å². The Morgan fingerprint density at radius 1 is 1.24 bits per heavy atom. The van der Waals surface area contributed by atoms with Crippen LogP contribution in [0.4, 0.5) is 10.5 Å². The summed E-state index contributed by atoms with van der Waals surface area (Å²) in [6.07, 6.45) is 1.86. The van der Waals surface area contributed by atoms with E-state index in [9.17, 15) is 4.79 Å². The van der Waals surface area contributed by atoms with Crippen LogP contribution in [-0.2, 0) is 0 Å². The molecule has 0 unspecified atom stereocenters. The smallest absolute Gasteiger partial charge is 0.322 e. The molecule has 6 nitrogen and oxygen atoms in total. The van der Waals surface area contributed by atoms with Crippen molar-refractivity contribution in [2.45, 2.75) is 18.9 Å². The molecule has 128 valence electrons. The molecule has 0 bridgehead atoms. The number of rotatable bonds is 3. The van der Waals surface area contributed by atoms with Crippen LogP contribution in [-0.4, -0.2) is 34.6 Å². The van der Waals surface area contributed by atoms with Crippen molar-refractivity contribution in [3.8, 4) is 5.75 Å². The van der Waals surface area contributed by atoms with Gasteiger partial charge in [-0.3, -0.25) is 0 Å². The van der Waals surface area contributed by atoms with Crippen LogP contribution in [0.25, 0.3) is 11.0 Å². The summed E-state index contributed by atoms with van der Waals surface area (Å²) >= 11 is 0. The minimum absolute atomic E-state index is 0.0397. The Hall–Kier alpha value is -3.02. The summed E-state index contributed by atoms with van der Waals surface area (Å²) < 4.78 is 5.31. The van der Waals surface area contributed by atoms with Crippen molar-refractivity contribution >= 4 is 22.8 Å². The lowest BCUT2D eigenvalue weighted by atomic mass is 10.2. The van der Waals surface area contributed by atoms with Gasteiger partial charge in [0.15, 0.2) is 0 Å². The number of nitrogens with one attached hydrogen (secondary N) is 2. The first kappa shape index (κ1) is 15.5. The second-order valence-corrected chi connectivity index (χ2v) is 6.12. The number of H-pyrrole nitrogens is 1. The molecule has 1 aliphatic rings. The fraction of sp³-hybridized carbons (Fsp3) is 0.263. The molecule has 2 amide bonds. The molecule has 1 fully saturated rings. The molecule has 25 heavy (non-hydrogen) atoms. The molecule has 6 heteroatoms. The Morgan fingerprint density at radius 2 is 2.04 bits per heavy atom. The highest BCUT2D eigenvalue weighted by Gasteiger charge is 2.32. The highest BCUT2D eigenvalue weighted by atomic mass is 16.5. The van der Waals surface area contributed by atoms with Crippen molar-refractivity contribution in [2.24, 2.45) is 0 Å². The van der Waals surface area contributed by atoms with E-state index in [0.717, 1.165) is 29.7 Å². The van der Waals surface area contributed by atoms with Gasteiger partial charge in [-0.25, -0.2) is 9.78 Å². The topological polar surface area (TPSA) is 70.2 Å². The maximum atomic E-state index is 12.8. The molecule has 3 aromatic rings. The fourth-order valence-electron chi connectivity index (χ4n) is 3.36. The Labute approximate surface area is 145 Å². The summed E-state index contributed by atoms with van der Waals surface area (Å²) in [5.41, 5.74) is 2.59. The number of hydrogen-bond acceptors (Lipinski definition) is 3. The summed E-state index contributed by atoms with van der Waals surface area (Å²) in [4.78, 5) is 22.7. The number of aromatic nitrogens is 2. The van der Waals surface area contributed by atoms with Gasteiger partial charge in [-0.15, -0.1) is 0 Å². The first-order valence-electron chi connectivity index (χ1n) is 8.41. The number of imidazole rings is 1. The highest BCUT2D eigenvalue weighted by Crippen LogP contribution is 2.32. The number of aromatic amines is 1. The molecule has 1 atom stereocenters. The summed E-state index contributed by atoms with van der Waals surface area (Å²) in [5.74, 6) is 1.49. The van der Waals surface area contributed by atoms with E-state index in [1.807, 2.05) is 53.4 Å². The number of hydrogen-bond donors (Lipinski definition) is 2. The molecule has 2 aromatic carbocycles. The van der Waals surface area contributed by atoms with Crippen LogP contribution in [0, 0.1) is 0 Å². The maximum absolute atomic E-state index is 12.8. The largest absolute Gasteiger partial charge is 0.495 e. The van der Waals surface area contributed by atoms with Gasteiger partial charge in [0.2, 0.25) is 0 Å². The zero-order chi connectivity index (χ0) is 17.2. The summed E-state index contributed by atoms with van der Waals surface area (Å²) in [6.45, 7) is 0.711. The van der Waals surface area contributed by atoms with Gasteiger partial charge in [0, 0.05) is 6.54 Å². The van der Waals surface area contributed by atoms with Gasteiger partial charge in [0.25, 0.3) is 0 Å². The van der Waals surface area contributed by atoms with E-state index in [0.29, 0.717) is 18.0 Å². The number of carbonyl (C=O) groups is 1. The molecule has 4 rings (SSSR count). The molecule has 0 aliphatic carbocycles. The normalized spacial score (nSPS) is 17.0. The van der Waals surface area contributed by atoms with E-state index in [4.69, 9.17) is 4.74 Å². The lowest BCUT2D eigenvalue weighted by Crippen LogP contribution is -2.35. The third-order valence-electron chi connectivity index (χ3n) is 4.59. The summed E-state index contributed by atoms with van der Waals surface area (Å²) in [7, 11) is 1.60. The molecule has 1 aromatic heterocycles. The van der Waals surface area contributed by atoms with E-state index in [-0.39, 0.29) is 12.1 Å². The van der Waals surface area contributed by atoms with Gasteiger partial charge >= 0.3 is 6.03 Å². The van der Waals surface area contributed by atoms with Crippen molar-refractivity contribution in [3.63, 3.8) is 0 Å². The number of methoxy groups -OCH3 is 1. The van der Waals surface area contributed by atoms with Crippen LogP contribution < -0.4 is 10.1 Å². The van der Waals surface area contributed by atoms with Crippen LogP contribution >= 0.6 is 0 Å². The van der Waals surface area contributed by atoms with Gasteiger partial charge in [-0.2, -0.15) is 0 Å². The number of likely N-dealkylation sites (tertiary alicyclic amines) is 1. The first-order chi connectivity index (χ1) is 12.3. The molecule has 0 spiro atoms. The van der Waals surface area contributed by atoms with Crippen LogP contribution in [0.1, 0.15) is 24.7 Å². The van der Waals surface area contributed by atoms with Gasteiger partial charge in [-0.05, 0) is 37.1 Å². The van der Waals surface area contributed by atoms with Gasteiger partial charge < -0.3 is 19.9 Å². The fourth-order valence-corrected chi connectivity index (χ4v) is 3.36. The number of nitrogens with zero attached hydrogens (tertiary/aromatic N) is 2.